The first-order chi connectivity index (χ1) is 12.5. The van der Waals surface area contributed by atoms with Gasteiger partial charge in [0.15, 0.2) is 6.10 Å². The number of carbonyl (C=O) groups is 3. The van der Waals surface area contributed by atoms with Crippen LogP contribution in [0.5, 0.6) is 5.75 Å². The zero-order valence-electron chi connectivity index (χ0n) is 15.0. The van der Waals surface area contributed by atoms with Gasteiger partial charge in [-0.3, -0.25) is 14.5 Å². The number of carbonyl (C=O) groups excluding carboxylic acids is 3. The van der Waals surface area contributed by atoms with Crippen molar-refractivity contribution in [1.82, 2.24) is 15.5 Å². The Morgan fingerprint density at radius 3 is 2.85 bits per heavy atom. The van der Waals surface area contributed by atoms with Gasteiger partial charge in [-0.1, -0.05) is 19.1 Å². The second kappa shape index (κ2) is 7.63. The first-order valence-corrected chi connectivity index (χ1v) is 8.92. The molecule has 4 amide bonds. The van der Waals surface area contributed by atoms with Crippen LogP contribution in [-0.4, -0.2) is 61.1 Å². The van der Waals surface area contributed by atoms with E-state index in [1.807, 2.05) is 30.0 Å². The molecule has 1 saturated heterocycles. The van der Waals surface area contributed by atoms with Crippen LogP contribution in [0.25, 0.3) is 0 Å². The number of imide groups is 1. The van der Waals surface area contributed by atoms with Crippen molar-refractivity contribution in [2.45, 2.75) is 32.4 Å². The summed E-state index contributed by atoms with van der Waals surface area (Å²) in [5.41, 5.74) is 0.743. The minimum atomic E-state index is -0.709. The summed E-state index contributed by atoms with van der Waals surface area (Å²) in [5.74, 6) is 0.0651. The maximum atomic E-state index is 12.8. The summed E-state index contributed by atoms with van der Waals surface area (Å²) in [6.07, 6.45) is 0.122. The summed E-state index contributed by atoms with van der Waals surface area (Å²) in [7, 11) is 0. The number of anilines is 1. The van der Waals surface area contributed by atoms with Crippen LogP contribution in [0.1, 0.15) is 20.3 Å². The van der Waals surface area contributed by atoms with E-state index in [2.05, 4.69) is 10.6 Å². The first kappa shape index (κ1) is 18.0. The van der Waals surface area contributed by atoms with Crippen LogP contribution >= 0.6 is 0 Å². The molecule has 2 atom stereocenters. The number of para-hydroxylation sites is 2. The number of nitrogens with zero attached hydrogens (tertiary/aromatic N) is 2. The molecule has 2 aliphatic heterocycles. The van der Waals surface area contributed by atoms with E-state index in [1.54, 1.807) is 13.0 Å². The molecule has 1 fully saturated rings. The third-order valence-electron chi connectivity index (χ3n) is 4.60. The molecule has 140 valence electrons. The molecule has 26 heavy (non-hydrogen) atoms. The van der Waals surface area contributed by atoms with Crippen LogP contribution in [0.4, 0.5) is 10.5 Å². The molecule has 2 aliphatic rings. The molecule has 1 aromatic rings. The molecule has 0 radical (unpaired) electrons. The van der Waals surface area contributed by atoms with E-state index < -0.39 is 12.1 Å². The average Bonchev–Trinajstić information content (AvgIpc) is 3.09. The lowest BCUT2D eigenvalue weighted by Crippen LogP contribution is -2.55. The molecule has 3 rings (SSSR count). The van der Waals surface area contributed by atoms with E-state index in [0.29, 0.717) is 25.4 Å². The maximum absolute atomic E-state index is 12.8. The first-order valence-electron chi connectivity index (χ1n) is 8.92. The lowest BCUT2D eigenvalue weighted by Gasteiger charge is -2.39. The van der Waals surface area contributed by atoms with E-state index in [-0.39, 0.29) is 24.4 Å². The number of benzene rings is 1. The van der Waals surface area contributed by atoms with Crippen LogP contribution < -0.4 is 20.3 Å². The monoisotopic (exact) mass is 360 g/mol. The maximum Gasteiger partial charge on any atom is 0.324 e. The number of hydrogen-bond acceptors (Lipinski definition) is 5. The van der Waals surface area contributed by atoms with Gasteiger partial charge >= 0.3 is 6.03 Å². The van der Waals surface area contributed by atoms with E-state index in [1.165, 1.54) is 4.90 Å². The molecular formula is C18H24N4O4. The number of rotatable bonds is 5. The fourth-order valence-corrected chi connectivity index (χ4v) is 3.17. The van der Waals surface area contributed by atoms with Gasteiger partial charge in [-0.05, 0) is 25.5 Å². The van der Waals surface area contributed by atoms with Crippen molar-refractivity contribution in [1.29, 1.82) is 0 Å². The molecule has 0 spiro atoms. The Bertz CT molecular complexity index is 708. The molecule has 0 aromatic heterocycles. The number of amides is 4. The number of nitrogens with one attached hydrogen (secondary N) is 2. The highest BCUT2D eigenvalue weighted by molar-refractivity contribution is 6.00. The summed E-state index contributed by atoms with van der Waals surface area (Å²) >= 11 is 0. The van der Waals surface area contributed by atoms with Crippen LogP contribution in [0.15, 0.2) is 24.3 Å². The fraction of sp³-hybridized carbons (Fsp3) is 0.500. The number of ether oxygens (including phenoxy) is 1. The van der Waals surface area contributed by atoms with E-state index in [0.717, 1.165) is 12.1 Å². The van der Waals surface area contributed by atoms with Crippen molar-refractivity contribution in [2.75, 3.05) is 31.1 Å². The smallest absolute Gasteiger partial charge is 0.324 e. The molecule has 1 aromatic carbocycles. The number of urea groups is 1. The Labute approximate surface area is 152 Å². The molecule has 8 heteroatoms. The lowest BCUT2D eigenvalue weighted by atomic mass is 10.1. The van der Waals surface area contributed by atoms with Crippen molar-refractivity contribution in [3.05, 3.63) is 24.3 Å². The quantitative estimate of drug-likeness (QED) is 0.807. The molecule has 2 heterocycles. The summed E-state index contributed by atoms with van der Waals surface area (Å²) in [5, 5.41) is 5.47. The molecule has 0 aliphatic carbocycles. The summed E-state index contributed by atoms with van der Waals surface area (Å²) in [6, 6.07) is 6.34. The van der Waals surface area contributed by atoms with Crippen molar-refractivity contribution in [2.24, 2.45) is 0 Å². The number of fused-ring (bicyclic) bond motifs is 1. The Hall–Kier alpha value is -2.77. The van der Waals surface area contributed by atoms with Crippen LogP contribution in [-0.2, 0) is 9.59 Å². The van der Waals surface area contributed by atoms with E-state index in [9.17, 15) is 14.4 Å². The Morgan fingerprint density at radius 1 is 1.38 bits per heavy atom. The third kappa shape index (κ3) is 3.44. The largest absolute Gasteiger partial charge is 0.477 e. The van der Waals surface area contributed by atoms with Gasteiger partial charge in [0.25, 0.3) is 11.8 Å². The second-order valence-electron chi connectivity index (χ2n) is 6.42. The number of hydrogen-bond donors (Lipinski definition) is 2. The van der Waals surface area contributed by atoms with Crippen LogP contribution in [0.3, 0.4) is 0 Å². The van der Waals surface area contributed by atoms with Gasteiger partial charge in [-0.25, -0.2) is 4.79 Å². The predicted molar refractivity (Wildman–Crippen MR) is 96.1 cm³/mol. The predicted octanol–water partition coefficient (Wildman–Crippen LogP) is 0.721. The molecular weight excluding hydrogens is 336 g/mol. The minimum absolute atomic E-state index is 0.204. The van der Waals surface area contributed by atoms with Gasteiger partial charge in [0.1, 0.15) is 11.8 Å². The fourth-order valence-electron chi connectivity index (χ4n) is 3.17. The zero-order valence-corrected chi connectivity index (χ0v) is 15.0. The highest BCUT2D eigenvalue weighted by Crippen LogP contribution is 2.34. The summed E-state index contributed by atoms with van der Waals surface area (Å²) in [6.45, 7) is 5.35. The van der Waals surface area contributed by atoms with Gasteiger partial charge in [0, 0.05) is 19.6 Å². The SMILES string of the molecule is CCCNC(=O)[C@@H]1CN([C@@H](C)C(=O)N2CCNC2=O)c2ccccc2O1. The molecule has 0 saturated carbocycles. The topological polar surface area (TPSA) is 91.0 Å². The normalized spacial score (nSPS) is 20.1. The summed E-state index contributed by atoms with van der Waals surface area (Å²) < 4.78 is 5.84. The van der Waals surface area contributed by atoms with Gasteiger partial charge in [-0.2, -0.15) is 0 Å². The van der Waals surface area contributed by atoms with Crippen molar-refractivity contribution >= 4 is 23.5 Å². The Morgan fingerprint density at radius 2 is 2.15 bits per heavy atom. The minimum Gasteiger partial charge on any atom is -0.477 e. The second-order valence-corrected chi connectivity index (χ2v) is 6.42. The van der Waals surface area contributed by atoms with Gasteiger partial charge in [0.05, 0.1) is 12.2 Å². The molecule has 0 unspecified atom stereocenters. The lowest BCUT2D eigenvalue weighted by molar-refractivity contribution is -0.130. The highest BCUT2D eigenvalue weighted by Gasteiger charge is 2.38. The molecule has 8 nitrogen and oxygen atoms in total. The van der Waals surface area contributed by atoms with Gasteiger partial charge in [-0.15, -0.1) is 0 Å². The van der Waals surface area contributed by atoms with Crippen LogP contribution in [0.2, 0.25) is 0 Å². The Kier molecular flexibility index (Phi) is 5.29. The standard InChI is InChI=1S/C18H24N4O4/c1-3-8-19-16(23)15-11-22(13-6-4-5-7-14(13)26-15)12(2)17(24)21-10-9-20-18(21)25/h4-7,12,15H,3,8-11H2,1-2H3,(H,19,23)(H,20,25)/t12-,15-/m0/s1. The zero-order chi connectivity index (χ0) is 18.7. The molecule has 2 N–H and O–H groups in total. The van der Waals surface area contributed by atoms with E-state index >= 15 is 0 Å². The highest BCUT2D eigenvalue weighted by atomic mass is 16.5. The average molecular weight is 360 g/mol. The Balaban J connectivity index is 1.83. The van der Waals surface area contributed by atoms with Gasteiger partial charge in [0.2, 0.25) is 0 Å². The van der Waals surface area contributed by atoms with Crippen molar-refractivity contribution in [3.63, 3.8) is 0 Å². The van der Waals surface area contributed by atoms with Crippen molar-refractivity contribution < 1.29 is 19.1 Å². The van der Waals surface area contributed by atoms with E-state index in [4.69, 9.17) is 4.74 Å². The van der Waals surface area contributed by atoms with Crippen LogP contribution in [0, 0.1) is 0 Å². The molecule has 0 bridgehead atoms. The summed E-state index contributed by atoms with van der Waals surface area (Å²) in [4.78, 5) is 40.1. The third-order valence-corrected chi connectivity index (χ3v) is 4.60. The van der Waals surface area contributed by atoms with Gasteiger partial charge < -0.3 is 20.3 Å². The van der Waals surface area contributed by atoms with Crippen molar-refractivity contribution in [3.8, 4) is 5.75 Å².